The SMILES string of the molecule is CC1(CCC(=O)c2ccc3c(c2)C(C)(C)C(=O)N3c2cccc(C3CC3)c2)CCS(=O)(=O)CC1. The fourth-order valence-corrected chi connectivity index (χ4v) is 7.15. The molecule has 0 bridgehead atoms. The second kappa shape index (κ2) is 8.04. The Bertz CT molecular complexity index is 1260. The van der Waals surface area contributed by atoms with Crippen LogP contribution >= 0.6 is 0 Å². The van der Waals surface area contributed by atoms with Crippen molar-refractivity contribution in [3.05, 3.63) is 59.2 Å². The summed E-state index contributed by atoms with van der Waals surface area (Å²) in [4.78, 5) is 28.4. The van der Waals surface area contributed by atoms with E-state index in [-0.39, 0.29) is 28.6 Å². The Hall–Kier alpha value is -2.47. The van der Waals surface area contributed by atoms with Gasteiger partial charge in [0.15, 0.2) is 5.78 Å². The minimum absolute atomic E-state index is 0.0240. The van der Waals surface area contributed by atoms with Gasteiger partial charge < -0.3 is 0 Å². The van der Waals surface area contributed by atoms with E-state index >= 15 is 0 Å². The summed E-state index contributed by atoms with van der Waals surface area (Å²) in [5.74, 6) is 1.11. The van der Waals surface area contributed by atoms with Crippen LogP contribution in [0.4, 0.5) is 11.4 Å². The van der Waals surface area contributed by atoms with Crippen molar-refractivity contribution in [2.45, 2.75) is 70.6 Å². The zero-order valence-electron chi connectivity index (χ0n) is 20.3. The van der Waals surface area contributed by atoms with Gasteiger partial charge >= 0.3 is 0 Å². The van der Waals surface area contributed by atoms with Crippen LogP contribution in [0.2, 0.25) is 0 Å². The molecular formula is C28H33NO4S. The molecule has 5 nitrogen and oxygen atoms in total. The van der Waals surface area contributed by atoms with Crippen LogP contribution in [0.5, 0.6) is 0 Å². The van der Waals surface area contributed by atoms with E-state index in [1.54, 1.807) is 4.90 Å². The zero-order chi connectivity index (χ0) is 24.3. The van der Waals surface area contributed by atoms with Crippen LogP contribution in [0.3, 0.4) is 0 Å². The minimum atomic E-state index is -2.92. The third-order valence-electron chi connectivity index (χ3n) is 8.14. The number of fused-ring (bicyclic) bond motifs is 1. The average molecular weight is 480 g/mol. The molecule has 2 aromatic carbocycles. The second-order valence-corrected chi connectivity index (χ2v) is 13.6. The highest BCUT2D eigenvalue weighted by molar-refractivity contribution is 7.91. The van der Waals surface area contributed by atoms with Gasteiger partial charge in [-0.1, -0.05) is 19.1 Å². The number of sulfone groups is 1. The Labute approximate surface area is 202 Å². The topological polar surface area (TPSA) is 71.5 Å². The van der Waals surface area contributed by atoms with Gasteiger partial charge in [0.1, 0.15) is 9.84 Å². The van der Waals surface area contributed by atoms with Gasteiger partial charge in [-0.15, -0.1) is 0 Å². The first-order valence-electron chi connectivity index (χ1n) is 12.3. The molecule has 0 spiro atoms. The number of amides is 1. The molecule has 1 saturated heterocycles. The fraction of sp³-hybridized carbons (Fsp3) is 0.500. The molecule has 5 rings (SSSR count). The summed E-state index contributed by atoms with van der Waals surface area (Å²) in [7, 11) is -2.92. The lowest BCUT2D eigenvalue weighted by Crippen LogP contribution is -2.33. The summed E-state index contributed by atoms with van der Waals surface area (Å²) in [6, 6.07) is 13.9. The number of hydrogen-bond acceptors (Lipinski definition) is 4. The summed E-state index contributed by atoms with van der Waals surface area (Å²) < 4.78 is 23.6. The quantitative estimate of drug-likeness (QED) is 0.499. The lowest BCUT2D eigenvalue weighted by Gasteiger charge is -2.33. The molecule has 0 unspecified atom stereocenters. The number of nitrogens with zero attached hydrogens (tertiary/aromatic N) is 1. The molecule has 2 fully saturated rings. The van der Waals surface area contributed by atoms with Gasteiger partial charge in [0.25, 0.3) is 0 Å². The van der Waals surface area contributed by atoms with Crippen molar-refractivity contribution < 1.29 is 18.0 Å². The van der Waals surface area contributed by atoms with Crippen molar-refractivity contribution in [3.8, 4) is 0 Å². The molecule has 180 valence electrons. The summed E-state index contributed by atoms with van der Waals surface area (Å²) in [5, 5.41) is 0. The first-order chi connectivity index (χ1) is 16.0. The summed E-state index contributed by atoms with van der Waals surface area (Å²) in [6.45, 7) is 5.94. The largest absolute Gasteiger partial charge is 0.294 e. The molecule has 1 amide bonds. The highest BCUT2D eigenvalue weighted by Crippen LogP contribution is 2.47. The molecule has 3 aliphatic rings. The average Bonchev–Trinajstić information content (AvgIpc) is 3.63. The standard InChI is InChI=1S/C28H33NO4S/c1-27(2)23-18-21(25(30)11-12-28(3)13-15-34(32,33)16-14-28)9-10-24(23)29(26(27)31)22-6-4-5-20(17-22)19-7-8-19/h4-6,9-10,17-19H,7-8,11-16H2,1-3H3. The van der Waals surface area contributed by atoms with Crippen LogP contribution in [0, 0.1) is 5.41 Å². The summed E-state index contributed by atoms with van der Waals surface area (Å²) in [5.41, 5.74) is 3.70. The van der Waals surface area contributed by atoms with Crippen molar-refractivity contribution in [1.29, 1.82) is 0 Å². The maximum Gasteiger partial charge on any atom is 0.241 e. The van der Waals surface area contributed by atoms with Gasteiger partial charge in [-0.05, 0) is 98.7 Å². The van der Waals surface area contributed by atoms with Crippen molar-refractivity contribution in [2.75, 3.05) is 16.4 Å². The number of benzene rings is 2. The van der Waals surface area contributed by atoms with Crippen LogP contribution in [0.15, 0.2) is 42.5 Å². The third-order valence-corrected chi connectivity index (χ3v) is 9.79. The van der Waals surface area contributed by atoms with E-state index in [4.69, 9.17) is 0 Å². The normalized spacial score (nSPS) is 22.4. The van der Waals surface area contributed by atoms with Crippen molar-refractivity contribution in [1.82, 2.24) is 0 Å². The molecule has 2 heterocycles. The Kier molecular flexibility index (Phi) is 5.51. The van der Waals surface area contributed by atoms with E-state index < -0.39 is 15.3 Å². The van der Waals surface area contributed by atoms with Crippen molar-refractivity contribution in [2.24, 2.45) is 5.41 Å². The van der Waals surface area contributed by atoms with Gasteiger partial charge in [-0.2, -0.15) is 0 Å². The Balaban J connectivity index is 1.37. The number of carbonyl (C=O) groups excluding carboxylic acids is 2. The van der Waals surface area contributed by atoms with E-state index in [1.807, 2.05) is 44.2 Å². The van der Waals surface area contributed by atoms with Gasteiger partial charge in [0, 0.05) is 17.7 Å². The Morgan fingerprint density at radius 1 is 1.03 bits per heavy atom. The van der Waals surface area contributed by atoms with Crippen molar-refractivity contribution in [3.63, 3.8) is 0 Å². The maximum atomic E-state index is 13.5. The van der Waals surface area contributed by atoms with Crippen LogP contribution in [-0.4, -0.2) is 31.6 Å². The van der Waals surface area contributed by atoms with Gasteiger partial charge in [0.2, 0.25) is 5.91 Å². The number of carbonyl (C=O) groups is 2. The van der Waals surface area contributed by atoms with E-state index in [9.17, 15) is 18.0 Å². The molecule has 0 N–H and O–H groups in total. The number of Topliss-reactive ketones (excluding diaryl/α,β-unsaturated/α-hetero) is 1. The van der Waals surface area contributed by atoms with Crippen LogP contribution in [-0.2, 0) is 20.0 Å². The van der Waals surface area contributed by atoms with E-state index in [1.165, 1.54) is 18.4 Å². The van der Waals surface area contributed by atoms with Gasteiger partial charge in [-0.25, -0.2) is 8.42 Å². The van der Waals surface area contributed by atoms with Gasteiger partial charge in [0.05, 0.1) is 22.6 Å². The van der Waals surface area contributed by atoms with Crippen LogP contribution < -0.4 is 4.90 Å². The van der Waals surface area contributed by atoms with Crippen LogP contribution in [0.25, 0.3) is 0 Å². The molecule has 34 heavy (non-hydrogen) atoms. The minimum Gasteiger partial charge on any atom is -0.294 e. The van der Waals surface area contributed by atoms with Crippen LogP contribution in [0.1, 0.15) is 86.7 Å². The molecule has 6 heteroatoms. The monoisotopic (exact) mass is 479 g/mol. The molecule has 1 saturated carbocycles. The van der Waals surface area contributed by atoms with E-state index in [0.29, 0.717) is 37.2 Å². The molecule has 0 radical (unpaired) electrons. The van der Waals surface area contributed by atoms with E-state index in [2.05, 4.69) is 19.1 Å². The number of ketones is 1. The van der Waals surface area contributed by atoms with Crippen molar-refractivity contribution >= 4 is 32.9 Å². The predicted molar refractivity (Wildman–Crippen MR) is 135 cm³/mol. The lowest BCUT2D eigenvalue weighted by atomic mass is 9.78. The summed E-state index contributed by atoms with van der Waals surface area (Å²) >= 11 is 0. The number of hydrogen-bond donors (Lipinski definition) is 0. The predicted octanol–water partition coefficient (Wildman–Crippen LogP) is 5.70. The molecule has 2 aliphatic heterocycles. The molecule has 2 aromatic rings. The highest BCUT2D eigenvalue weighted by atomic mass is 32.2. The fourth-order valence-electron chi connectivity index (χ4n) is 5.34. The number of anilines is 2. The molecule has 0 atom stereocenters. The maximum absolute atomic E-state index is 13.5. The Morgan fingerprint density at radius 2 is 1.74 bits per heavy atom. The molecular weight excluding hydrogens is 446 g/mol. The second-order valence-electron chi connectivity index (χ2n) is 11.3. The van der Waals surface area contributed by atoms with Gasteiger partial charge in [-0.3, -0.25) is 14.5 Å². The Morgan fingerprint density at radius 3 is 2.41 bits per heavy atom. The molecule has 1 aliphatic carbocycles. The smallest absolute Gasteiger partial charge is 0.241 e. The first kappa shape index (κ1) is 23.3. The lowest BCUT2D eigenvalue weighted by molar-refractivity contribution is -0.121. The molecule has 0 aromatic heterocycles. The third kappa shape index (κ3) is 4.21. The summed E-state index contributed by atoms with van der Waals surface area (Å²) in [6.07, 6.45) is 4.71. The zero-order valence-corrected chi connectivity index (χ0v) is 21.1. The number of rotatable bonds is 6. The highest BCUT2D eigenvalue weighted by Gasteiger charge is 2.45. The van der Waals surface area contributed by atoms with E-state index in [0.717, 1.165) is 16.9 Å². The first-order valence-corrected chi connectivity index (χ1v) is 14.1.